The SMILES string of the molecule is O=C(CCN1C(=O)C2CC=CCC2C1=O)Nc1ccnn1C1CCCC1. The van der Waals surface area contributed by atoms with Crippen molar-refractivity contribution in [2.24, 2.45) is 11.8 Å². The molecule has 7 nitrogen and oxygen atoms in total. The zero-order chi connectivity index (χ0) is 18.1. The molecule has 0 spiro atoms. The molecule has 3 amide bonds. The first kappa shape index (κ1) is 17.0. The van der Waals surface area contributed by atoms with Crippen LogP contribution in [0.4, 0.5) is 5.82 Å². The molecule has 3 aliphatic rings. The van der Waals surface area contributed by atoms with Gasteiger partial charge in [-0.1, -0.05) is 25.0 Å². The Morgan fingerprint density at radius 2 is 1.77 bits per heavy atom. The van der Waals surface area contributed by atoms with Crippen molar-refractivity contribution in [1.82, 2.24) is 14.7 Å². The van der Waals surface area contributed by atoms with Crippen molar-refractivity contribution in [2.75, 3.05) is 11.9 Å². The summed E-state index contributed by atoms with van der Waals surface area (Å²) < 4.78 is 1.89. The number of aromatic nitrogens is 2. The van der Waals surface area contributed by atoms with Gasteiger partial charge in [0.1, 0.15) is 5.82 Å². The average molecular weight is 356 g/mol. The molecule has 1 aromatic heterocycles. The van der Waals surface area contributed by atoms with Gasteiger partial charge in [0, 0.05) is 19.0 Å². The number of rotatable bonds is 5. The Morgan fingerprint density at radius 3 is 2.42 bits per heavy atom. The Balaban J connectivity index is 1.34. The van der Waals surface area contributed by atoms with Gasteiger partial charge in [-0.05, 0) is 25.7 Å². The molecule has 1 saturated carbocycles. The summed E-state index contributed by atoms with van der Waals surface area (Å²) in [6, 6.07) is 2.14. The molecule has 0 radical (unpaired) electrons. The van der Waals surface area contributed by atoms with Crippen LogP contribution in [0.1, 0.15) is 51.0 Å². The van der Waals surface area contributed by atoms with Gasteiger partial charge in [-0.25, -0.2) is 4.68 Å². The molecule has 2 unspecified atom stereocenters. The Hall–Kier alpha value is -2.44. The normalized spacial score (nSPS) is 25.8. The first-order valence-electron chi connectivity index (χ1n) is 9.48. The van der Waals surface area contributed by atoms with Crippen LogP contribution in [0.3, 0.4) is 0 Å². The van der Waals surface area contributed by atoms with E-state index in [9.17, 15) is 14.4 Å². The van der Waals surface area contributed by atoms with Crippen molar-refractivity contribution in [3.05, 3.63) is 24.4 Å². The van der Waals surface area contributed by atoms with E-state index in [1.165, 1.54) is 17.7 Å². The number of imide groups is 1. The van der Waals surface area contributed by atoms with E-state index in [2.05, 4.69) is 10.4 Å². The van der Waals surface area contributed by atoms with Gasteiger partial charge in [0.15, 0.2) is 0 Å². The van der Waals surface area contributed by atoms with E-state index in [0.717, 1.165) is 12.8 Å². The molecule has 2 atom stereocenters. The second-order valence-electron chi connectivity index (χ2n) is 7.38. The molecule has 1 aliphatic heterocycles. The van der Waals surface area contributed by atoms with E-state index in [0.29, 0.717) is 24.7 Å². The summed E-state index contributed by atoms with van der Waals surface area (Å²) in [5.74, 6) is -0.239. The lowest BCUT2D eigenvalue weighted by Gasteiger charge is -2.16. The van der Waals surface area contributed by atoms with Gasteiger partial charge >= 0.3 is 0 Å². The number of hydrogen-bond acceptors (Lipinski definition) is 4. The molecule has 2 fully saturated rings. The number of carbonyl (C=O) groups excluding carboxylic acids is 3. The number of carbonyl (C=O) groups is 3. The van der Waals surface area contributed by atoms with Gasteiger partial charge in [-0.15, -0.1) is 0 Å². The van der Waals surface area contributed by atoms with E-state index < -0.39 is 0 Å². The summed E-state index contributed by atoms with van der Waals surface area (Å²) in [6.07, 6.45) is 11.5. The van der Waals surface area contributed by atoms with Crippen LogP contribution in [0.2, 0.25) is 0 Å². The lowest BCUT2D eigenvalue weighted by Crippen LogP contribution is -2.34. The van der Waals surface area contributed by atoms with E-state index in [4.69, 9.17) is 0 Å². The molecule has 1 N–H and O–H groups in total. The van der Waals surface area contributed by atoms with Gasteiger partial charge in [0.2, 0.25) is 17.7 Å². The topological polar surface area (TPSA) is 84.3 Å². The lowest BCUT2D eigenvalue weighted by atomic mass is 9.85. The number of amides is 3. The van der Waals surface area contributed by atoms with Crippen LogP contribution in [-0.4, -0.2) is 38.9 Å². The second kappa shape index (κ2) is 7.05. The van der Waals surface area contributed by atoms with Crippen molar-refractivity contribution >= 4 is 23.5 Å². The molecule has 1 saturated heterocycles. The van der Waals surface area contributed by atoms with Gasteiger partial charge in [-0.2, -0.15) is 5.10 Å². The predicted octanol–water partition coefficient (Wildman–Crippen LogP) is 2.28. The van der Waals surface area contributed by atoms with Crippen molar-refractivity contribution in [2.45, 2.75) is 51.0 Å². The first-order valence-corrected chi connectivity index (χ1v) is 9.48. The fourth-order valence-electron chi connectivity index (χ4n) is 4.36. The molecule has 7 heteroatoms. The third-order valence-electron chi connectivity index (χ3n) is 5.77. The molecule has 138 valence electrons. The number of nitrogens with zero attached hydrogens (tertiary/aromatic N) is 3. The predicted molar refractivity (Wildman–Crippen MR) is 95.1 cm³/mol. The van der Waals surface area contributed by atoms with Crippen molar-refractivity contribution in [1.29, 1.82) is 0 Å². The van der Waals surface area contributed by atoms with Gasteiger partial charge < -0.3 is 5.32 Å². The third kappa shape index (κ3) is 3.06. The highest BCUT2D eigenvalue weighted by Crippen LogP contribution is 2.35. The molecule has 4 rings (SSSR count). The zero-order valence-electron chi connectivity index (χ0n) is 14.8. The highest BCUT2D eigenvalue weighted by Gasteiger charge is 2.46. The van der Waals surface area contributed by atoms with Crippen molar-refractivity contribution < 1.29 is 14.4 Å². The number of nitrogens with one attached hydrogen (secondary N) is 1. The van der Waals surface area contributed by atoms with Gasteiger partial charge in [-0.3, -0.25) is 19.3 Å². The Kier molecular flexibility index (Phi) is 4.61. The third-order valence-corrected chi connectivity index (χ3v) is 5.77. The smallest absolute Gasteiger partial charge is 0.233 e. The second-order valence-corrected chi connectivity index (χ2v) is 7.38. The fourth-order valence-corrected chi connectivity index (χ4v) is 4.36. The summed E-state index contributed by atoms with van der Waals surface area (Å²) >= 11 is 0. The van der Waals surface area contributed by atoms with Crippen molar-refractivity contribution in [3.63, 3.8) is 0 Å². The molecule has 2 heterocycles. The number of hydrogen-bond donors (Lipinski definition) is 1. The number of likely N-dealkylation sites (tertiary alicyclic amines) is 1. The number of anilines is 1. The highest BCUT2D eigenvalue weighted by atomic mass is 16.2. The Bertz CT molecular complexity index is 722. The molecule has 0 aromatic carbocycles. The van der Waals surface area contributed by atoms with Crippen LogP contribution in [0.15, 0.2) is 24.4 Å². The summed E-state index contributed by atoms with van der Waals surface area (Å²) in [7, 11) is 0. The van der Waals surface area contributed by atoms with Gasteiger partial charge in [0.05, 0.1) is 24.1 Å². The summed E-state index contributed by atoms with van der Waals surface area (Å²) in [5, 5.41) is 7.22. The van der Waals surface area contributed by atoms with Crippen LogP contribution in [0, 0.1) is 11.8 Å². The Labute approximate surface area is 152 Å². The Morgan fingerprint density at radius 1 is 1.12 bits per heavy atom. The first-order chi connectivity index (χ1) is 12.6. The van der Waals surface area contributed by atoms with Crippen LogP contribution in [0.25, 0.3) is 0 Å². The standard InChI is InChI=1S/C19H24N4O3/c24-17(21-16-9-11-20-23(16)13-5-1-2-6-13)10-12-22-18(25)14-7-3-4-8-15(14)19(22)26/h3-4,9,11,13-15H,1-2,5-8,10,12H2,(H,21,24). The summed E-state index contributed by atoms with van der Waals surface area (Å²) in [4.78, 5) is 38.5. The minimum atomic E-state index is -0.237. The van der Waals surface area contributed by atoms with Crippen LogP contribution < -0.4 is 5.32 Å². The fraction of sp³-hybridized carbons (Fsp3) is 0.579. The van der Waals surface area contributed by atoms with E-state index in [1.807, 2.05) is 16.8 Å². The maximum atomic E-state index is 12.4. The average Bonchev–Trinajstić information content (AvgIpc) is 3.36. The monoisotopic (exact) mass is 356 g/mol. The van der Waals surface area contributed by atoms with E-state index >= 15 is 0 Å². The summed E-state index contributed by atoms with van der Waals surface area (Å²) in [6.45, 7) is 0.147. The molecule has 26 heavy (non-hydrogen) atoms. The molecule has 0 bridgehead atoms. The van der Waals surface area contributed by atoms with Crippen LogP contribution in [-0.2, 0) is 14.4 Å². The minimum Gasteiger partial charge on any atom is -0.311 e. The zero-order valence-corrected chi connectivity index (χ0v) is 14.8. The van der Waals surface area contributed by atoms with Gasteiger partial charge in [0.25, 0.3) is 0 Å². The number of fused-ring (bicyclic) bond motifs is 1. The molecular weight excluding hydrogens is 332 g/mol. The largest absolute Gasteiger partial charge is 0.311 e. The van der Waals surface area contributed by atoms with E-state index in [-0.39, 0.29) is 42.5 Å². The lowest BCUT2D eigenvalue weighted by molar-refractivity contribution is -0.140. The molecule has 2 aliphatic carbocycles. The van der Waals surface area contributed by atoms with E-state index in [1.54, 1.807) is 12.3 Å². The maximum Gasteiger partial charge on any atom is 0.233 e. The minimum absolute atomic E-state index is 0.111. The van der Waals surface area contributed by atoms with Crippen molar-refractivity contribution in [3.8, 4) is 0 Å². The molecular formula is C19H24N4O3. The summed E-state index contributed by atoms with van der Waals surface area (Å²) in [5.41, 5.74) is 0. The molecule has 1 aromatic rings. The highest BCUT2D eigenvalue weighted by molar-refractivity contribution is 6.05. The number of allylic oxidation sites excluding steroid dienone is 2. The van der Waals surface area contributed by atoms with Crippen LogP contribution in [0.5, 0.6) is 0 Å². The van der Waals surface area contributed by atoms with Crippen LogP contribution >= 0.6 is 0 Å². The maximum absolute atomic E-state index is 12.4. The quantitative estimate of drug-likeness (QED) is 0.648.